The third-order valence-electron chi connectivity index (χ3n) is 3.56. The molecule has 116 valence electrons. The summed E-state index contributed by atoms with van der Waals surface area (Å²) in [6, 6.07) is 0. The smallest absolute Gasteiger partial charge is 0.219 e. The fourth-order valence-corrected chi connectivity index (χ4v) is 2.34. The average Bonchev–Trinajstić information content (AvgIpc) is 2.42. The first-order valence-corrected chi connectivity index (χ1v) is 7.83. The van der Waals surface area contributed by atoms with E-state index in [9.17, 15) is 4.79 Å². The molecule has 1 rings (SSSR count). The van der Waals surface area contributed by atoms with E-state index < -0.39 is 0 Å². The van der Waals surface area contributed by atoms with E-state index >= 15 is 0 Å². The Bertz CT molecular complexity index is 320. The fourth-order valence-electron chi connectivity index (χ4n) is 2.34. The van der Waals surface area contributed by atoms with Crippen LogP contribution in [0.1, 0.15) is 40.5 Å². The molecule has 0 spiro atoms. The Labute approximate surface area is 123 Å². The highest BCUT2D eigenvalue weighted by Crippen LogP contribution is 2.05. The summed E-state index contributed by atoms with van der Waals surface area (Å²) in [6.45, 7) is 13.3. The van der Waals surface area contributed by atoms with Crippen molar-refractivity contribution in [3.05, 3.63) is 0 Å². The molecule has 1 saturated heterocycles. The van der Waals surface area contributed by atoms with Crippen LogP contribution >= 0.6 is 0 Å². The number of piperazine rings is 1. The standard InChI is InChI=1S/C15H30N4O/c1-5-16-15(17-8-6-7-13(2)3)19-11-9-18(10-12-19)14(4)20/h13H,5-12H2,1-4H3,(H,16,17). The van der Waals surface area contributed by atoms with Crippen molar-refractivity contribution in [2.75, 3.05) is 39.3 Å². The molecule has 0 aromatic carbocycles. The quantitative estimate of drug-likeness (QED) is 0.473. The zero-order chi connectivity index (χ0) is 15.0. The fraction of sp³-hybridized carbons (Fsp3) is 0.867. The number of nitrogens with one attached hydrogen (secondary N) is 1. The molecule has 1 heterocycles. The molecule has 1 amide bonds. The summed E-state index contributed by atoms with van der Waals surface area (Å²) in [4.78, 5) is 20.2. The van der Waals surface area contributed by atoms with Gasteiger partial charge >= 0.3 is 0 Å². The number of hydrogen-bond acceptors (Lipinski definition) is 2. The van der Waals surface area contributed by atoms with Crippen LogP contribution in [0.3, 0.4) is 0 Å². The minimum absolute atomic E-state index is 0.170. The lowest BCUT2D eigenvalue weighted by atomic mass is 10.1. The van der Waals surface area contributed by atoms with E-state index in [-0.39, 0.29) is 5.91 Å². The second-order valence-electron chi connectivity index (χ2n) is 5.76. The highest BCUT2D eigenvalue weighted by atomic mass is 16.2. The number of guanidine groups is 1. The van der Waals surface area contributed by atoms with E-state index in [4.69, 9.17) is 4.99 Å². The van der Waals surface area contributed by atoms with Crippen molar-refractivity contribution in [3.63, 3.8) is 0 Å². The number of aliphatic imine (C=N–C) groups is 1. The normalized spacial score (nSPS) is 16.8. The van der Waals surface area contributed by atoms with Crippen LogP contribution < -0.4 is 5.32 Å². The molecule has 0 atom stereocenters. The second kappa shape index (κ2) is 8.82. The molecule has 0 saturated carbocycles. The summed E-state index contributed by atoms with van der Waals surface area (Å²) in [5.74, 6) is 1.91. The summed E-state index contributed by atoms with van der Waals surface area (Å²) in [5, 5.41) is 3.36. The Morgan fingerprint density at radius 2 is 1.80 bits per heavy atom. The molecule has 1 N–H and O–H groups in total. The van der Waals surface area contributed by atoms with E-state index in [1.54, 1.807) is 6.92 Å². The van der Waals surface area contributed by atoms with Crippen LogP contribution in [0.5, 0.6) is 0 Å². The zero-order valence-electron chi connectivity index (χ0n) is 13.5. The van der Waals surface area contributed by atoms with Gasteiger partial charge in [-0.1, -0.05) is 13.8 Å². The van der Waals surface area contributed by atoms with Crippen molar-refractivity contribution < 1.29 is 4.79 Å². The predicted octanol–water partition coefficient (Wildman–Crippen LogP) is 1.55. The molecule has 0 bridgehead atoms. The van der Waals surface area contributed by atoms with E-state index in [0.29, 0.717) is 0 Å². The molecule has 5 heteroatoms. The van der Waals surface area contributed by atoms with Crippen LogP contribution in [0, 0.1) is 5.92 Å². The Hall–Kier alpha value is -1.26. The van der Waals surface area contributed by atoms with Gasteiger partial charge in [0.05, 0.1) is 0 Å². The second-order valence-corrected chi connectivity index (χ2v) is 5.76. The van der Waals surface area contributed by atoms with Gasteiger partial charge in [0.15, 0.2) is 5.96 Å². The Morgan fingerprint density at radius 1 is 1.20 bits per heavy atom. The molecule has 1 fully saturated rings. The van der Waals surface area contributed by atoms with Crippen molar-refractivity contribution in [3.8, 4) is 0 Å². The topological polar surface area (TPSA) is 47.9 Å². The van der Waals surface area contributed by atoms with E-state index in [1.807, 2.05) is 4.90 Å². The summed E-state index contributed by atoms with van der Waals surface area (Å²) in [6.07, 6.45) is 2.36. The van der Waals surface area contributed by atoms with Gasteiger partial charge in [-0.15, -0.1) is 0 Å². The Balaban J connectivity index is 2.45. The van der Waals surface area contributed by atoms with Gasteiger partial charge in [0.1, 0.15) is 0 Å². The van der Waals surface area contributed by atoms with Crippen LogP contribution in [-0.4, -0.2) is 60.9 Å². The van der Waals surface area contributed by atoms with Gasteiger partial charge in [0, 0.05) is 46.2 Å². The summed E-state index contributed by atoms with van der Waals surface area (Å²) < 4.78 is 0. The summed E-state index contributed by atoms with van der Waals surface area (Å²) in [5.41, 5.74) is 0. The van der Waals surface area contributed by atoms with Gasteiger partial charge < -0.3 is 15.1 Å². The van der Waals surface area contributed by atoms with Crippen molar-refractivity contribution in [1.29, 1.82) is 0 Å². The summed E-state index contributed by atoms with van der Waals surface area (Å²) >= 11 is 0. The first-order chi connectivity index (χ1) is 9.54. The first kappa shape index (κ1) is 16.8. The molecule has 1 aliphatic rings. The lowest BCUT2D eigenvalue weighted by Crippen LogP contribution is -2.53. The summed E-state index contributed by atoms with van der Waals surface area (Å²) in [7, 11) is 0. The number of carbonyl (C=O) groups is 1. The third kappa shape index (κ3) is 5.80. The molecule has 1 aliphatic heterocycles. The number of hydrogen-bond donors (Lipinski definition) is 1. The predicted molar refractivity (Wildman–Crippen MR) is 83.9 cm³/mol. The lowest BCUT2D eigenvalue weighted by Gasteiger charge is -2.36. The maximum absolute atomic E-state index is 11.3. The maximum Gasteiger partial charge on any atom is 0.219 e. The maximum atomic E-state index is 11.3. The molecular weight excluding hydrogens is 252 g/mol. The molecule has 0 aliphatic carbocycles. The van der Waals surface area contributed by atoms with E-state index in [2.05, 4.69) is 31.0 Å². The average molecular weight is 282 g/mol. The number of nitrogens with zero attached hydrogens (tertiary/aromatic N) is 3. The largest absolute Gasteiger partial charge is 0.357 e. The monoisotopic (exact) mass is 282 g/mol. The lowest BCUT2D eigenvalue weighted by molar-refractivity contribution is -0.130. The van der Waals surface area contributed by atoms with Crippen LogP contribution in [0.15, 0.2) is 4.99 Å². The minimum Gasteiger partial charge on any atom is -0.357 e. The van der Waals surface area contributed by atoms with Gasteiger partial charge in [0.2, 0.25) is 5.91 Å². The Morgan fingerprint density at radius 3 is 2.30 bits per heavy atom. The molecular formula is C15H30N4O. The number of amides is 1. The van der Waals surface area contributed by atoms with Crippen molar-refractivity contribution in [2.24, 2.45) is 10.9 Å². The van der Waals surface area contributed by atoms with Crippen molar-refractivity contribution >= 4 is 11.9 Å². The van der Waals surface area contributed by atoms with E-state index in [0.717, 1.165) is 57.6 Å². The van der Waals surface area contributed by atoms with Gasteiger partial charge in [-0.3, -0.25) is 9.79 Å². The first-order valence-electron chi connectivity index (χ1n) is 7.83. The Kier molecular flexibility index (Phi) is 7.41. The highest BCUT2D eigenvalue weighted by molar-refractivity contribution is 5.80. The number of rotatable bonds is 5. The molecule has 0 aromatic rings. The van der Waals surface area contributed by atoms with Gasteiger partial charge in [-0.05, 0) is 25.7 Å². The molecule has 0 aromatic heterocycles. The number of carbonyl (C=O) groups excluding carboxylic acids is 1. The molecule has 5 nitrogen and oxygen atoms in total. The van der Waals surface area contributed by atoms with Crippen LogP contribution in [-0.2, 0) is 4.79 Å². The van der Waals surface area contributed by atoms with Crippen molar-refractivity contribution in [1.82, 2.24) is 15.1 Å². The van der Waals surface area contributed by atoms with Crippen molar-refractivity contribution in [2.45, 2.75) is 40.5 Å². The van der Waals surface area contributed by atoms with Gasteiger partial charge in [-0.25, -0.2) is 0 Å². The zero-order valence-corrected chi connectivity index (χ0v) is 13.5. The SMILES string of the molecule is CCNC(=NCCCC(C)C)N1CCN(C(C)=O)CC1. The third-order valence-corrected chi connectivity index (χ3v) is 3.56. The van der Waals surface area contributed by atoms with Crippen LogP contribution in [0.4, 0.5) is 0 Å². The molecule has 20 heavy (non-hydrogen) atoms. The van der Waals surface area contributed by atoms with Crippen LogP contribution in [0.25, 0.3) is 0 Å². The van der Waals surface area contributed by atoms with Gasteiger partial charge in [-0.2, -0.15) is 0 Å². The van der Waals surface area contributed by atoms with Gasteiger partial charge in [0.25, 0.3) is 0 Å². The highest BCUT2D eigenvalue weighted by Gasteiger charge is 2.20. The molecule has 0 radical (unpaired) electrons. The van der Waals surface area contributed by atoms with E-state index in [1.165, 1.54) is 6.42 Å². The minimum atomic E-state index is 0.170. The van der Waals surface area contributed by atoms with Crippen LogP contribution in [0.2, 0.25) is 0 Å². The molecule has 0 unspecified atom stereocenters.